The Morgan fingerprint density at radius 3 is 2.88 bits per heavy atom. The summed E-state index contributed by atoms with van der Waals surface area (Å²) < 4.78 is 1.05. The lowest BCUT2D eigenvalue weighted by atomic mass is 10.5. The van der Waals surface area contributed by atoms with E-state index in [1.54, 1.807) is 41.7 Å². The predicted octanol–water partition coefficient (Wildman–Crippen LogP) is 3.42. The van der Waals surface area contributed by atoms with Crippen molar-refractivity contribution in [3.05, 3.63) is 38.1 Å². The van der Waals surface area contributed by atoms with E-state index in [1.165, 1.54) is 0 Å². The summed E-state index contributed by atoms with van der Waals surface area (Å²) in [6, 6.07) is 5.43. The van der Waals surface area contributed by atoms with E-state index in [4.69, 9.17) is 11.6 Å². The van der Waals surface area contributed by atoms with Crippen molar-refractivity contribution in [2.75, 3.05) is 12.1 Å². The van der Waals surface area contributed by atoms with E-state index in [1.807, 2.05) is 11.4 Å². The molecule has 0 aliphatic carbocycles. The first-order valence-electron chi connectivity index (χ1n) is 4.66. The molecule has 0 bridgehead atoms. The SMILES string of the molecule is CN(N=Cc1cc(Br)cs1)c1ccc(Cl)nn1. The van der Waals surface area contributed by atoms with Crippen molar-refractivity contribution in [2.24, 2.45) is 5.10 Å². The Morgan fingerprint density at radius 2 is 2.29 bits per heavy atom. The summed E-state index contributed by atoms with van der Waals surface area (Å²) in [6.45, 7) is 0. The molecule has 0 saturated carbocycles. The van der Waals surface area contributed by atoms with Crippen molar-refractivity contribution in [1.82, 2.24) is 10.2 Å². The number of hydrazone groups is 1. The Morgan fingerprint density at radius 1 is 1.47 bits per heavy atom. The van der Waals surface area contributed by atoms with Crippen molar-refractivity contribution in [3.63, 3.8) is 0 Å². The van der Waals surface area contributed by atoms with Gasteiger partial charge < -0.3 is 0 Å². The monoisotopic (exact) mass is 330 g/mol. The van der Waals surface area contributed by atoms with Crippen LogP contribution in [-0.4, -0.2) is 23.5 Å². The molecule has 4 nitrogen and oxygen atoms in total. The summed E-state index contributed by atoms with van der Waals surface area (Å²) in [6.07, 6.45) is 1.77. The third-order valence-corrected chi connectivity index (χ3v) is 3.73. The van der Waals surface area contributed by atoms with Crippen molar-refractivity contribution in [3.8, 4) is 0 Å². The minimum atomic E-state index is 0.369. The lowest BCUT2D eigenvalue weighted by molar-refractivity contribution is 0.922. The van der Waals surface area contributed by atoms with Gasteiger partial charge in [0.2, 0.25) is 0 Å². The number of anilines is 1. The van der Waals surface area contributed by atoms with Gasteiger partial charge in [-0.15, -0.1) is 21.5 Å². The Hall–Kier alpha value is -0.980. The van der Waals surface area contributed by atoms with Crippen LogP contribution in [0.25, 0.3) is 0 Å². The average Bonchev–Trinajstić information content (AvgIpc) is 2.73. The van der Waals surface area contributed by atoms with Gasteiger partial charge in [-0.2, -0.15) is 5.10 Å². The highest BCUT2D eigenvalue weighted by Crippen LogP contribution is 2.18. The molecule has 2 aromatic heterocycles. The minimum absolute atomic E-state index is 0.369. The van der Waals surface area contributed by atoms with E-state index in [2.05, 4.69) is 31.2 Å². The Kier molecular flexibility index (Phi) is 4.09. The summed E-state index contributed by atoms with van der Waals surface area (Å²) in [4.78, 5) is 1.06. The molecule has 0 unspecified atom stereocenters. The fourth-order valence-electron chi connectivity index (χ4n) is 1.08. The normalized spacial score (nSPS) is 11.0. The molecule has 88 valence electrons. The zero-order valence-corrected chi connectivity index (χ0v) is 12.0. The molecule has 0 aromatic carbocycles. The third kappa shape index (κ3) is 3.49. The maximum Gasteiger partial charge on any atom is 0.171 e. The highest BCUT2D eigenvalue weighted by atomic mass is 79.9. The van der Waals surface area contributed by atoms with Crippen LogP contribution in [0.4, 0.5) is 5.82 Å². The molecular formula is C10H8BrClN4S. The van der Waals surface area contributed by atoms with Gasteiger partial charge in [-0.25, -0.2) is 5.01 Å². The van der Waals surface area contributed by atoms with Gasteiger partial charge >= 0.3 is 0 Å². The highest BCUT2D eigenvalue weighted by molar-refractivity contribution is 9.10. The van der Waals surface area contributed by atoms with E-state index < -0.39 is 0 Å². The van der Waals surface area contributed by atoms with Crippen LogP contribution >= 0.6 is 38.9 Å². The van der Waals surface area contributed by atoms with Crippen LogP contribution in [0.3, 0.4) is 0 Å². The molecule has 0 N–H and O–H groups in total. The number of nitrogens with zero attached hydrogens (tertiary/aromatic N) is 4. The van der Waals surface area contributed by atoms with Crippen LogP contribution in [0.5, 0.6) is 0 Å². The van der Waals surface area contributed by atoms with Gasteiger partial charge in [0.25, 0.3) is 0 Å². The first-order valence-corrected chi connectivity index (χ1v) is 6.71. The lowest BCUT2D eigenvalue weighted by Crippen LogP contribution is -2.11. The molecule has 0 spiro atoms. The van der Waals surface area contributed by atoms with Crippen molar-refractivity contribution in [2.45, 2.75) is 0 Å². The molecule has 0 amide bonds. The first-order chi connectivity index (χ1) is 8.15. The molecule has 7 heteroatoms. The summed E-state index contributed by atoms with van der Waals surface area (Å²) in [7, 11) is 1.80. The molecule has 17 heavy (non-hydrogen) atoms. The summed E-state index contributed by atoms with van der Waals surface area (Å²) in [5.74, 6) is 0.640. The molecule has 2 rings (SSSR count). The van der Waals surface area contributed by atoms with Crippen molar-refractivity contribution >= 4 is 50.9 Å². The molecule has 0 atom stereocenters. The van der Waals surface area contributed by atoms with Crippen LogP contribution in [0.15, 0.2) is 33.2 Å². The molecule has 0 saturated heterocycles. The van der Waals surface area contributed by atoms with Gasteiger partial charge in [-0.3, -0.25) is 0 Å². The largest absolute Gasteiger partial charge is 0.249 e. The Bertz CT molecular complexity index is 525. The predicted molar refractivity (Wildman–Crippen MR) is 75.1 cm³/mol. The van der Waals surface area contributed by atoms with Gasteiger partial charge in [0.1, 0.15) is 0 Å². The van der Waals surface area contributed by atoms with E-state index in [0.29, 0.717) is 11.0 Å². The molecule has 0 aliphatic heterocycles. The Labute approximate surface area is 116 Å². The quantitative estimate of drug-likeness (QED) is 0.639. The topological polar surface area (TPSA) is 41.4 Å². The second kappa shape index (κ2) is 5.57. The van der Waals surface area contributed by atoms with Crippen LogP contribution in [0, 0.1) is 0 Å². The van der Waals surface area contributed by atoms with E-state index in [-0.39, 0.29) is 0 Å². The number of aromatic nitrogens is 2. The Balaban J connectivity index is 2.08. The molecular weight excluding hydrogens is 324 g/mol. The fourth-order valence-corrected chi connectivity index (χ4v) is 2.48. The maximum atomic E-state index is 5.66. The molecule has 0 fully saturated rings. The van der Waals surface area contributed by atoms with Gasteiger partial charge in [0.05, 0.1) is 6.21 Å². The van der Waals surface area contributed by atoms with Gasteiger partial charge in [-0.05, 0) is 34.1 Å². The van der Waals surface area contributed by atoms with Crippen LogP contribution in [0.2, 0.25) is 5.15 Å². The molecule has 0 aliphatic rings. The summed E-state index contributed by atoms with van der Waals surface area (Å²) in [5.41, 5.74) is 0. The van der Waals surface area contributed by atoms with Crippen LogP contribution in [-0.2, 0) is 0 Å². The third-order valence-electron chi connectivity index (χ3n) is 1.90. The fraction of sp³-hybridized carbons (Fsp3) is 0.100. The van der Waals surface area contributed by atoms with Crippen molar-refractivity contribution in [1.29, 1.82) is 0 Å². The van der Waals surface area contributed by atoms with Crippen molar-refractivity contribution < 1.29 is 0 Å². The van der Waals surface area contributed by atoms with E-state index in [0.717, 1.165) is 9.35 Å². The van der Waals surface area contributed by atoms with Gasteiger partial charge in [0, 0.05) is 21.8 Å². The second-order valence-corrected chi connectivity index (χ2v) is 5.40. The highest BCUT2D eigenvalue weighted by Gasteiger charge is 2.01. The number of thiophene rings is 1. The number of halogens is 2. The minimum Gasteiger partial charge on any atom is -0.249 e. The summed E-state index contributed by atoms with van der Waals surface area (Å²) in [5, 5.41) is 15.9. The van der Waals surface area contributed by atoms with E-state index in [9.17, 15) is 0 Å². The van der Waals surface area contributed by atoms with Gasteiger partial charge in [0.15, 0.2) is 11.0 Å². The zero-order chi connectivity index (χ0) is 12.3. The summed E-state index contributed by atoms with van der Waals surface area (Å²) >= 11 is 10.7. The standard InChI is InChI=1S/C10H8BrClN4S/c1-16(10-3-2-9(12)14-15-10)13-5-8-4-7(11)6-17-8/h2-6H,1H3. The van der Waals surface area contributed by atoms with Crippen LogP contribution < -0.4 is 5.01 Å². The van der Waals surface area contributed by atoms with E-state index >= 15 is 0 Å². The lowest BCUT2D eigenvalue weighted by Gasteiger charge is -2.09. The molecule has 2 heterocycles. The number of hydrogen-bond acceptors (Lipinski definition) is 5. The van der Waals surface area contributed by atoms with Gasteiger partial charge in [-0.1, -0.05) is 11.6 Å². The second-order valence-electron chi connectivity index (χ2n) is 3.15. The molecule has 2 aromatic rings. The number of rotatable bonds is 3. The first kappa shape index (κ1) is 12.5. The average molecular weight is 332 g/mol. The molecule has 0 radical (unpaired) electrons. The van der Waals surface area contributed by atoms with Crippen LogP contribution in [0.1, 0.15) is 4.88 Å². The zero-order valence-electron chi connectivity index (χ0n) is 8.84. The smallest absolute Gasteiger partial charge is 0.171 e. The number of hydrogen-bond donors (Lipinski definition) is 0. The maximum absolute atomic E-state index is 5.66.